The van der Waals surface area contributed by atoms with E-state index >= 15 is 0 Å². The number of nitrogens with zero attached hydrogens (tertiary/aromatic N) is 2. The Hall–Kier alpha value is -1.07. The van der Waals surface area contributed by atoms with Crippen LogP contribution in [0.1, 0.15) is 30.1 Å². The summed E-state index contributed by atoms with van der Waals surface area (Å²) in [5, 5.41) is 1.14. The Kier molecular flexibility index (Phi) is 3.50. The molecule has 1 aliphatic rings. The van der Waals surface area contributed by atoms with Crippen LogP contribution in [-0.4, -0.2) is 26.5 Å². The Labute approximate surface area is 120 Å². The van der Waals surface area contributed by atoms with Gasteiger partial charge in [0.05, 0.1) is 5.39 Å². The average molecular weight is 296 g/mol. The van der Waals surface area contributed by atoms with Crippen molar-refractivity contribution in [3.8, 4) is 0 Å². The minimum atomic E-state index is -0.0430. The summed E-state index contributed by atoms with van der Waals surface area (Å²) in [5.41, 5.74) is 1.30. The third-order valence-corrected chi connectivity index (χ3v) is 4.80. The fourth-order valence-corrected chi connectivity index (χ4v) is 3.86. The van der Waals surface area contributed by atoms with Gasteiger partial charge < -0.3 is 4.98 Å². The predicted molar refractivity (Wildman–Crippen MR) is 79.2 cm³/mol. The fraction of sp³-hybridized carbons (Fsp3) is 0.462. The Bertz CT molecular complexity index is 679. The molecule has 1 saturated heterocycles. The van der Waals surface area contributed by atoms with E-state index in [1.54, 1.807) is 6.92 Å². The summed E-state index contributed by atoms with van der Waals surface area (Å²) in [6.07, 6.45) is 2.09. The first-order chi connectivity index (χ1) is 9.15. The number of thioether (sulfide) groups is 1. The molecule has 0 aromatic carbocycles. The number of rotatable bonds is 1. The van der Waals surface area contributed by atoms with Crippen LogP contribution in [0.2, 0.25) is 5.15 Å². The van der Waals surface area contributed by atoms with Gasteiger partial charge in [0.25, 0.3) is 5.56 Å². The first kappa shape index (κ1) is 12.9. The molecule has 1 fully saturated rings. The highest BCUT2D eigenvalue weighted by Crippen LogP contribution is 2.31. The summed E-state index contributed by atoms with van der Waals surface area (Å²) >= 11 is 8.09. The van der Waals surface area contributed by atoms with Crippen LogP contribution < -0.4 is 5.56 Å². The molecule has 0 radical (unpaired) electrons. The largest absolute Gasteiger partial charge is 0.306 e. The monoisotopic (exact) mass is 295 g/mol. The zero-order valence-electron chi connectivity index (χ0n) is 10.6. The number of nitrogens with one attached hydrogen (secondary N) is 1. The Balaban J connectivity index is 2.15. The van der Waals surface area contributed by atoms with Crippen molar-refractivity contribution in [2.75, 3.05) is 11.5 Å². The lowest BCUT2D eigenvalue weighted by Crippen LogP contribution is -2.20. The van der Waals surface area contributed by atoms with E-state index in [4.69, 9.17) is 11.6 Å². The number of halogens is 1. The second kappa shape index (κ2) is 5.13. The van der Waals surface area contributed by atoms with Gasteiger partial charge in [-0.3, -0.25) is 4.79 Å². The van der Waals surface area contributed by atoms with Crippen LogP contribution >= 0.6 is 23.4 Å². The summed E-state index contributed by atoms with van der Waals surface area (Å²) in [6, 6.07) is 1.87. The molecule has 0 saturated carbocycles. The number of hydrogen-bond donors (Lipinski definition) is 1. The van der Waals surface area contributed by atoms with Gasteiger partial charge in [0, 0.05) is 5.56 Å². The number of pyridine rings is 1. The van der Waals surface area contributed by atoms with Crippen LogP contribution in [0.4, 0.5) is 0 Å². The summed E-state index contributed by atoms with van der Waals surface area (Å²) in [4.78, 5) is 23.4. The van der Waals surface area contributed by atoms with Gasteiger partial charge in [-0.25, -0.2) is 9.97 Å². The minimum absolute atomic E-state index is 0.0430. The van der Waals surface area contributed by atoms with E-state index in [0.29, 0.717) is 22.5 Å². The predicted octanol–water partition coefficient (Wildman–Crippen LogP) is 2.89. The van der Waals surface area contributed by atoms with Crippen LogP contribution in [-0.2, 0) is 0 Å². The van der Waals surface area contributed by atoms with Gasteiger partial charge in [0.15, 0.2) is 0 Å². The molecule has 2 aromatic heterocycles. The molecular formula is C13H14ClN3OS. The lowest BCUT2D eigenvalue weighted by Gasteiger charge is -2.21. The number of aryl methyl sites for hydroxylation is 1. The lowest BCUT2D eigenvalue weighted by atomic mass is 9.94. The Morgan fingerprint density at radius 1 is 1.37 bits per heavy atom. The standard InChI is InChI=1S/C13H14ClN3OS/c1-7-15-11(14)10-6-9(8-2-4-19-5-3-8)13(18)17-12(10)16-7/h6,8H,2-5H2,1H3,(H,15,16,17,18). The number of hydrogen-bond acceptors (Lipinski definition) is 4. The van der Waals surface area contributed by atoms with Gasteiger partial charge in [0.1, 0.15) is 16.6 Å². The van der Waals surface area contributed by atoms with E-state index in [2.05, 4.69) is 15.0 Å². The maximum absolute atomic E-state index is 12.2. The van der Waals surface area contributed by atoms with Gasteiger partial charge in [-0.05, 0) is 43.3 Å². The first-order valence-electron chi connectivity index (χ1n) is 6.30. The quantitative estimate of drug-likeness (QED) is 0.822. The molecular weight excluding hydrogens is 282 g/mol. The molecule has 3 heterocycles. The van der Waals surface area contributed by atoms with E-state index in [0.717, 1.165) is 35.3 Å². The number of H-pyrrole nitrogens is 1. The summed E-state index contributed by atoms with van der Waals surface area (Å²) in [7, 11) is 0. The molecule has 4 nitrogen and oxygen atoms in total. The third-order valence-electron chi connectivity index (χ3n) is 3.47. The molecule has 0 aliphatic carbocycles. The van der Waals surface area contributed by atoms with Crippen LogP contribution in [0.25, 0.3) is 11.0 Å². The molecule has 0 spiro atoms. The van der Waals surface area contributed by atoms with Crippen molar-refractivity contribution in [2.24, 2.45) is 0 Å². The van der Waals surface area contributed by atoms with Crippen molar-refractivity contribution in [2.45, 2.75) is 25.7 Å². The molecule has 0 unspecified atom stereocenters. The average Bonchev–Trinajstić information content (AvgIpc) is 2.38. The van der Waals surface area contributed by atoms with Crippen molar-refractivity contribution in [3.05, 3.63) is 33.0 Å². The lowest BCUT2D eigenvalue weighted by molar-refractivity contribution is 0.631. The second-order valence-corrected chi connectivity index (χ2v) is 6.35. The van der Waals surface area contributed by atoms with Gasteiger partial charge >= 0.3 is 0 Å². The molecule has 0 bridgehead atoms. The zero-order chi connectivity index (χ0) is 13.4. The minimum Gasteiger partial charge on any atom is -0.306 e. The smallest absolute Gasteiger partial charge is 0.253 e. The van der Waals surface area contributed by atoms with Crippen LogP contribution in [0.3, 0.4) is 0 Å². The fourth-order valence-electron chi connectivity index (χ4n) is 2.48. The van der Waals surface area contributed by atoms with Gasteiger partial charge in [-0.1, -0.05) is 11.6 Å². The second-order valence-electron chi connectivity index (χ2n) is 4.76. The van der Waals surface area contributed by atoms with Crippen molar-refractivity contribution in [1.82, 2.24) is 15.0 Å². The van der Waals surface area contributed by atoms with E-state index in [1.807, 2.05) is 17.8 Å². The SMILES string of the molecule is Cc1nc(Cl)c2cc(C3CCSCC3)c(=O)[nH]c2n1. The number of aromatic amines is 1. The molecule has 100 valence electrons. The maximum Gasteiger partial charge on any atom is 0.253 e. The van der Waals surface area contributed by atoms with Crippen molar-refractivity contribution in [3.63, 3.8) is 0 Å². The van der Waals surface area contributed by atoms with E-state index < -0.39 is 0 Å². The van der Waals surface area contributed by atoms with Crippen molar-refractivity contribution >= 4 is 34.4 Å². The van der Waals surface area contributed by atoms with Crippen LogP contribution in [0.15, 0.2) is 10.9 Å². The van der Waals surface area contributed by atoms with Gasteiger partial charge in [-0.2, -0.15) is 11.8 Å². The summed E-state index contributed by atoms with van der Waals surface area (Å²) < 4.78 is 0. The highest BCUT2D eigenvalue weighted by molar-refractivity contribution is 7.99. The molecule has 0 atom stereocenters. The first-order valence-corrected chi connectivity index (χ1v) is 7.83. The Morgan fingerprint density at radius 3 is 2.84 bits per heavy atom. The summed E-state index contributed by atoms with van der Waals surface area (Å²) in [5.74, 6) is 3.11. The van der Waals surface area contributed by atoms with Crippen molar-refractivity contribution in [1.29, 1.82) is 0 Å². The number of fused-ring (bicyclic) bond motifs is 1. The topological polar surface area (TPSA) is 58.6 Å². The molecule has 6 heteroatoms. The maximum atomic E-state index is 12.2. The highest BCUT2D eigenvalue weighted by atomic mass is 35.5. The highest BCUT2D eigenvalue weighted by Gasteiger charge is 2.20. The van der Waals surface area contributed by atoms with Gasteiger partial charge in [0.2, 0.25) is 0 Å². The molecule has 2 aromatic rings. The normalized spacial score (nSPS) is 16.9. The molecule has 1 aliphatic heterocycles. The molecule has 3 rings (SSSR count). The Morgan fingerprint density at radius 2 is 2.11 bits per heavy atom. The van der Waals surface area contributed by atoms with Crippen LogP contribution in [0.5, 0.6) is 0 Å². The molecule has 1 N–H and O–H groups in total. The van der Waals surface area contributed by atoms with E-state index in [-0.39, 0.29) is 5.56 Å². The molecule has 0 amide bonds. The third kappa shape index (κ3) is 2.49. The zero-order valence-corrected chi connectivity index (χ0v) is 12.1. The molecule has 19 heavy (non-hydrogen) atoms. The van der Waals surface area contributed by atoms with Crippen molar-refractivity contribution < 1.29 is 0 Å². The van der Waals surface area contributed by atoms with E-state index in [9.17, 15) is 4.79 Å². The number of aromatic nitrogens is 3. The van der Waals surface area contributed by atoms with Gasteiger partial charge in [-0.15, -0.1) is 0 Å². The van der Waals surface area contributed by atoms with E-state index in [1.165, 1.54) is 0 Å². The van der Waals surface area contributed by atoms with Crippen LogP contribution in [0, 0.1) is 6.92 Å². The summed E-state index contributed by atoms with van der Waals surface area (Å²) in [6.45, 7) is 1.76.